The number of hydrogen-bond acceptors (Lipinski definition) is 4. The van der Waals surface area contributed by atoms with Crippen LogP contribution in [0.25, 0.3) is 0 Å². The van der Waals surface area contributed by atoms with Gasteiger partial charge in [0.1, 0.15) is 5.54 Å². The zero-order chi connectivity index (χ0) is 13.8. The Balaban J connectivity index is 2.57. The fourth-order valence-electron chi connectivity index (χ4n) is 1.97. The second-order valence-corrected chi connectivity index (χ2v) is 4.67. The van der Waals surface area contributed by atoms with Crippen LogP contribution in [0.1, 0.15) is 33.6 Å². The predicted molar refractivity (Wildman–Crippen MR) is 68.0 cm³/mol. The minimum atomic E-state index is -0.763. The highest BCUT2D eigenvalue weighted by molar-refractivity contribution is 6.06. The molecule has 1 fully saturated rings. The maximum Gasteiger partial charge on any atom is 0.325 e. The van der Waals surface area contributed by atoms with E-state index in [1.54, 1.807) is 6.92 Å². The molecule has 0 spiro atoms. The largest absolute Gasteiger partial charge is 0.377 e. The molecule has 1 heterocycles. The van der Waals surface area contributed by atoms with E-state index in [-0.39, 0.29) is 18.0 Å². The Morgan fingerprint density at radius 3 is 2.56 bits per heavy atom. The van der Waals surface area contributed by atoms with Crippen LogP contribution in [0.15, 0.2) is 0 Å². The maximum atomic E-state index is 12.1. The van der Waals surface area contributed by atoms with Gasteiger partial charge in [-0.15, -0.1) is 0 Å². The average molecular weight is 257 g/mol. The molecule has 0 aromatic rings. The SMILES string of the molecule is CCOC(CN)CCN1C(=O)NC(C)(CC)C1=O. The van der Waals surface area contributed by atoms with Crippen LogP contribution in [0.5, 0.6) is 0 Å². The van der Waals surface area contributed by atoms with Gasteiger partial charge in [-0.2, -0.15) is 0 Å². The smallest absolute Gasteiger partial charge is 0.325 e. The molecule has 0 bridgehead atoms. The Labute approximate surface area is 108 Å². The van der Waals surface area contributed by atoms with Gasteiger partial charge in [-0.1, -0.05) is 6.92 Å². The highest BCUT2D eigenvalue weighted by Crippen LogP contribution is 2.21. The maximum absolute atomic E-state index is 12.1. The Hall–Kier alpha value is -1.14. The Kier molecular flexibility index (Phi) is 5.10. The minimum absolute atomic E-state index is 0.107. The molecule has 104 valence electrons. The average Bonchev–Trinajstić information content (AvgIpc) is 2.57. The summed E-state index contributed by atoms with van der Waals surface area (Å²) in [6.45, 7) is 6.84. The van der Waals surface area contributed by atoms with Gasteiger partial charge in [-0.05, 0) is 26.7 Å². The van der Waals surface area contributed by atoms with E-state index in [4.69, 9.17) is 10.5 Å². The number of urea groups is 1. The fourth-order valence-corrected chi connectivity index (χ4v) is 1.97. The van der Waals surface area contributed by atoms with Gasteiger partial charge < -0.3 is 15.8 Å². The molecule has 2 unspecified atom stereocenters. The van der Waals surface area contributed by atoms with Crippen LogP contribution >= 0.6 is 0 Å². The summed E-state index contributed by atoms with van der Waals surface area (Å²) >= 11 is 0. The first-order valence-corrected chi connectivity index (χ1v) is 6.44. The molecule has 0 radical (unpaired) electrons. The lowest BCUT2D eigenvalue weighted by atomic mass is 9.99. The summed E-state index contributed by atoms with van der Waals surface area (Å²) in [5.74, 6) is -0.165. The van der Waals surface area contributed by atoms with Crippen molar-refractivity contribution in [1.82, 2.24) is 10.2 Å². The Morgan fingerprint density at radius 1 is 1.44 bits per heavy atom. The predicted octanol–water partition coefficient (Wildman–Crippen LogP) is 0.461. The highest BCUT2D eigenvalue weighted by atomic mass is 16.5. The summed E-state index contributed by atoms with van der Waals surface area (Å²) in [5.41, 5.74) is 4.80. The zero-order valence-electron chi connectivity index (χ0n) is 11.4. The molecule has 3 N–H and O–H groups in total. The van der Waals surface area contributed by atoms with Crippen molar-refractivity contribution in [3.05, 3.63) is 0 Å². The molecular formula is C12H23N3O3. The van der Waals surface area contributed by atoms with Crippen LogP contribution in [-0.4, -0.2) is 48.2 Å². The number of rotatable bonds is 7. The van der Waals surface area contributed by atoms with Crippen molar-refractivity contribution in [3.8, 4) is 0 Å². The molecule has 2 atom stereocenters. The Morgan fingerprint density at radius 2 is 2.11 bits per heavy atom. The number of nitrogens with two attached hydrogens (primary N) is 1. The van der Waals surface area contributed by atoms with Crippen LogP contribution in [0, 0.1) is 0 Å². The number of carbonyl (C=O) groups is 2. The minimum Gasteiger partial charge on any atom is -0.377 e. The van der Waals surface area contributed by atoms with Gasteiger partial charge in [-0.3, -0.25) is 9.69 Å². The van der Waals surface area contributed by atoms with E-state index in [1.807, 2.05) is 13.8 Å². The molecule has 0 aromatic carbocycles. The Bertz CT molecular complexity index is 322. The molecule has 1 aliphatic rings. The third-order valence-corrected chi connectivity index (χ3v) is 3.39. The van der Waals surface area contributed by atoms with E-state index in [0.717, 1.165) is 0 Å². The number of ether oxygens (including phenoxy) is 1. The third-order valence-electron chi connectivity index (χ3n) is 3.39. The van der Waals surface area contributed by atoms with E-state index in [9.17, 15) is 9.59 Å². The molecule has 1 rings (SSSR count). The molecule has 6 nitrogen and oxygen atoms in total. The van der Waals surface area contributed by atoms with Crippen LogP contribution < -0.4 is 11.1 Å². The lowest BCUT2D eigenvalue weighted by Gasteiger charge is -2.21. The summed E-state index contributed by atoms with van der Waals surface area (Å²) < 4.78 is 5.41. The number of imide groups is 1. The third kappa shape index (κ3) is 3.00. The van der Waals surface area contributed by atoms with Crippen LogP contribution in [0.4, 0.5) is 4.79 Å². The summed E-state index contributed by atoms with van der Waals surface area (Å²) in [6, 6.07) is -0.323. The molecule has 0 aromatic heterocycles. The van der Waals surface area contributed by atoms with Gasteiger partial charge in [0.25, 0.3) is 5.91 Å². The van der Waals surface area contributed by atoms with E-state index in [1.165, 1.54) is 4.90 Å². The highest BCUT2D eigenvalue weighted by Gasteiger charge is 2.46. The second-order valence-electron chi connectivity index (χ2n) is 4.67. The number of nitrogens with zero attached hydrogens (tertiary/aromatic N) is 1. The van der Waals surface area contributed by atoms with Gasteiger partial charge in [0.05, 0.1) is 6.10 Å². The number of carbonyl (C=O) groups excluding carboxylic acids is 2. The van der Waals surface area contributed by atoms with Crippen molar-refractivity contribution >= 4 is 11.9 Å². The lowest BCUT2D eigenvalue weighted by Crippen LogP contribution is -2.43. The van der Waals surface area contributed by atoms with Crippen LogP contribution in [-0.2, 0) is 9.53 Å². The molecule has 3 amide bonds. The number of nitrogens with one attached hydrogen (secondary N) is 1. The normalized spacial score (nSPS) is 25.4. The summed E-state index contributed by atoms with van der Waals surface area (Å²) in [5, 5.41) is 2.72. The molecular weight excluding hydrogens is 234 g/mol. The number of hydrogen-bond donors (Lipinski definition) is 2. The van der Waals surface area contributed by atoms with Crippen molar-refractivity contribution in [3.63, 3.8) is 0 Å². The van der Waals surface area contributed by atoms with Crippen molar-refractivity contribution in [2.45, 2.75) is 45.3 Å². The second kappa shape index (κ2) is 6.15. The summed E-state index contributed by atoms with van der Waals surface area (Å²) in [4.78, 5) is 25.1. The fraction of sp³-hybridized carbons (Fsp3) is 0.833. The standard InChI is InChI=1S/C12H23N3O3/c1-4-12(3)10(16)15(11(17)14-12)7-6-9(8-13)18-5-2/h9H,4-8,13H2,1-3H3,(H,14,17). The van der Waals surface area contributed by atoms with Crippen LogP contribution in [0.2, 0.25) is 0 Å². The molecule has 18 heavy (non-hydrogen) atoms. The summed E-state index contributed by atoms with van der Waals surface area (Å²) in [7, 11) is 0. The first-order chi connectivity index (χ1) is 8.48. The van der Waals surface area contributed by atoms with Crippen molar-refractivity contribution in [1.29, 1.82) is 0 Å². The van der Waals surface area contributed by atoms with E-state index >= 15 is 0 Å². The molecule has 0 aliphatic carbocycles. The monoisotopic (exact) mass is 257 g/mol. The first kappa shape index (κ1) is 14.9. The van der Waals surface area contributed by atoms with Crippen molar-refractivity contribution in [2.75, 3.05) is 19.7 Å². The van der Waals surface area contributed by atoms with E-state index in [2.05, 4.69) is 5.32 Å². The topological polar surface area (TPSA) is 84.7 Å². The van der Waals surface area contributed by atoms with Crippen molar-refractivity contribution < 1.29 is 14.3 Å². The number of amides is 3. The van der Waals surface area contributed by atoms with Gasteiger partial charge >= 0.3 is 6.03 Å². The molecule has 6 heteroatoms. The van der Waals surface area contributed by atoms with Crippen molar-refractivity contribution in [2.24, 2.45) is 5.73 Å². The van der Waals surface area contributed by atoms with Gasteiger partial charge in [0.15, 0.2) is 0 Å². The summed E-state index contributed by atoms with van der Waals surface area (Å²) in [6.07, 6.45) is 1.05. The van der Waals surface area contributed by atoms with E-state index < -0.39 is 5.54 Å². The molecule has 1 saturated heterocycles. The first-order valence-electron chi connectivity index (χ1n) is 6.44. The molecule has 0 saturated carbocycles. The lowest BCUT2D eigenvalue weighted by molar-refractivity contribution is -0.131. The molecule has 1 aliphatic heterocycles. The van der Waals surface area contributed by atoms with Gasteiger partial charge in [-0.25, -0.2) is 4.79 Å². The van der Waals surface area contributed by atoms with Gasteiger partial charge in [0, 0.05) is 19.7 Å². The zero-order valence-corrected chi connectivity index (χ0v) is 11.4. The van der Waals surface area contributed by atoms with Crippen LogP contribution in [0.3, 0.4) is 0 Å². The van der Waals surface area contributed by atoms with E-state index in [0.29, 0.717) is 32.5 Å². The quantitative estimate of drug-likeness (QED) is 0.649. The van der Waals surface area contributed by atoms with Gasteiger partial charge in [0.2, 0.25) is 0 Å².